The van der Waals surface area contributed by atoms with Crippen molar-refractivity contribution in [2.45, 2.75) is 58.5 Å². The molecule has 3 aromatic rings. The van der Waals surface area contributed by atoms with Crippen LogP contribution in [0.25, 0.3) is 10.9 Å². The molecule has 36 heavy (non-hydrogen) atoms. The summed E-state index contributed by atoms with van der Waals surface area (Å²) < 4.78 is 14.8. The van der Waals surface area contributed by atoms with E-state index in [0.29, 0.717) is 16.9 Å². The number of halogens is 1. The highest BCUT2D eigenvalue weighted by molar-refractivity contribution is 6.03. The van der Waals surface area contributed by atoms with Crippen LogP contribution in [0.4, 0.5) is 27.4 Å². The Kier molecular flexibility index (Phi) is 7.07. The average molecular weight is 494 g/mol. The molecule has 0 saturated heterocycles. The normalized spacial score (nSPS) is 18.0. The van der Waals surface area contributed by atoms with Crippen LogP contribution in [0.15, 0.2) is 36.5 Å². The van der Waals surface area contributed by atoms with E-state index in [1.54, 1.807) is 18.3 Å². The summed E-state index contributed by atoms with van der Waals surface area (Å²) >= 11 is 0. The number of hydrogen-bond donors (Lipinski definition) is 5. The van der Waals surface area contributed by atoms with E-state index in [-0.39, 0.29) is 35.2 Å². The van der Waals surface area contributed by atoms with Crippen LogP contribution in [0.1, 0.15) is 56.8 Å². The van der Waals surface area contributed by atoms with E-state index >= 15 is 0 Å². The van der Waals surface area contributed by atoms with Crippen molar-refractivity contribution in [3.63, 3.8) is 0 Å². The third kappa shape index (κ3) is 5.54. The van der Waals surface area contributed by atoms with Crippen molar-refractivity contribution in [3.05, 3.63) is 47.9 Å². The molecule has 0 spiro atoms. The molecule has 1 aromatic carbocycles. The first-order chi connectivity index (χ1) is 17.0. The number of primary amides is 1. The smallest absolute Gasteiger partial charge is 0.252 e. The number of benzene rings is 1. The molecule has 0 bridgehead atoms. The lowest BCUT2D eigenvalue weighted by Gasteiger charge is -2.30. The number of nitrogens with zero attached hydrogens (tertiary/aromatic N) is 2. The van der Waals surface area contributed by atoms with Gasteiger partial charge in [-0.2, -0.15) is 0 Å². The first kappa shape index (κ1) is 25.3. The molecule has 1 aliphatic rings. The highest BCUT2D eigenvalue weighted by atomic mass is 19.1. The largest absolute Gasteiger partial charge is 0.365 e. The van der Waals surface area contributed by atoms with Crippen molar-refractivity contribution in [2.24, 2.45) is 16.9 Å². The van der Waals surface area contributed by atoms with E-state index in [4.69, 9.17) is 11.5 Å². The Hall–Kier alpha value is -3.79. The minimum atomic E-state index is -0.814. The van der Waals surface area contributed by atoms with Gasteiger partial charge in [0.2, 0.25) is 5.91 Å². The second kappa shape index (κ2) is 10.1. The molecular weight excluding hydrogens is 461 g/mol. The van der Waals surface area contributed by atoms with Gasteiger partial charge in [0, 0.05) is 22.9 Å². The quantitative estimate of drug-likeness (QED) is 0.344. The number of carbonyl (C=O) groups excluding carboxylic acids is 2. The highest BCUT2D eigenvalue weighted by Gasteiger charge is 2.25. The van der Waals surface area contributed by atoms with Gasteiger partial charge in [-0.05, 0) is 31.0 Å². The second-order valence-corrected chi connectivity index (χ2v) is 10.2. The van der Waals surface area contributed by atoms with Gasteiger partial charge in [-0.15, -0.1) is 0 Å². The molecule has 0 radical (unpaired) electrons. The number of nitrogens with one attached hydrogen (secondary N) is 3. The number of para-hydroxylation sites is 1. The van der Waals surface area contributed by atoms with Crippen LogP contribution in [0.2, 0.25) is 0 Å². The van der Waals surface area contributed by atoms with E-state index in [2.05, 4.69) is 25.9 Å². The maximum Gasteiger partial charge on any atom is 0.252 e. The minimum absolute atomic E-state index is 0.00535. The van der Waals surface area contributed by atoms with Crippen molar-refractivity contribution in [1.82, 2.24) is 9.97 Å². The van der Waals surface area contributed by atoms with Crippen LogP contribution in [-0.4, -0.2) is 33.9 Å². The number of amides is 2. The Morgan fingerprint density at radius 1 is 1.11 bits per heavy atom. The van der Waals surface area contributed by atoms with E-state index in [0.717, 1.165) is 37.1 Å². The Balaban J connectivity index is 1.64. The van der Waals surface area contributed by atoms with Crippen molar-refractivity contribution >= 4 is 45.7 Å². The van der Waals surface area contributed by atoms with Gasteiger partial charge < -0.3 is 27.4 Å². The summed E-state index contributed by atoms with van der Waals surface area (Å²) in [7, 11) is 0. The van der Waals surface area contributed by atoms with Gasteiger partial charge in [0.1, 0.15) is 5.82 Å². The van der Waals surface area contributed by atoms with E-state index in [9.17, 15) is 14.0 Å². The molecule has 10 heteroatoms. The lowest BCUT2D eigenvalue weighted by molar-refractivity contribution is -0.123. The monoisotopic (exact) mass is 493 g/mol. The molecule has 2 amide bonds. The van der Waals surface area contributed by atoms with Crippen molar-refractivity contribution in [1.29, 1.82) is 0 Å². The minimum Gasteiger partial charge on any atom is -0.365 e. The van der Waals surface area contributed by atoms with Crippen LogP contribution >= 0.6 is 0 Å². The van der Waals surface area contributed by atoms with Gasteiger partial charge in [0.15, 0.2) is 11.6 Å². The fourth-order valence-corrected chi connectivity index (χ4v) is 4.16. The Morgan fingerprint density at radius 2 is 1.86 bits per heavy atom. The summed E-state index contributed by atoms with van der Waals surface area (Å²) in [6.07, 6.45) is 5.25. The first-order valence-electron chi connectivity index (χ1n) is 12.0. The number of anilines is 4. The lowest BCUT2D eigenvalue weighted by atomic mass is 9.91. The maximum atomic E-state index is 14.8. The van der Waals surface area contributed by atoms with Crippen molar-refractivity contribution < 1.29 is 14.0 Å². The molecule has 1 saturated carbocycles. The summed E-state index contributed by atoms with van der Waals surface area (Å²) in [5.41, 5.74) is 12.8. The molecule has 9 nitrogen and oxygen atoms in total. The zero-order chi connectivity index (χ0) is 26.0. The zero-order valence-corrected chi connectivity index (χ0v) is 20.7. The summed E-state index contributed by atoms with van der Waals surface area (Å²) in [6, 6.07) is 8.10. The van der Waals surface area contributed by atoms with E-state index < -0.39 is 17.1 Å². The molecule has 0 aliphatic heterocycles. The average Bonchev–Trinajstić information content (AvgIpc) is 2.81. The predicted molar refractivity (Wildman–Crippen MR) is 140 cm³/mol. The summed E-state index contributed by atoms with van der Waals surface area (Å²) in [4.78, 5) is 33.3. The van der Waals surface area contributed by atoms with Crippen LogP contribution in [0, 0.1) is 11.2 Å². The van der Waals surface area contributed by atoms with Crippen molar-refractivity contribution in [2.75, 3.05) is 16.0 Å². The lowest BCUT2D eigenvalue weighted by Crippen LogP contribution is -2.43. The number of aromatic nitrogens is 2. The van der Waals surface area contributed by atoms with Crippen LogP contribution < -0.4 is 27.4 Å². The second-order valence-electron chi connectivity index (χ2n) is 10.2. The molecule has 4 rings (SSSR count). The molecule has 2 heterocycles. The fraction of sp³-hybridized carbons (Fsp3) is 0.385. The molecule has 1 fully saturated rings. The molecule has 2 atom stereocenters. The third-order valence-electron chi connectivity index (χ3n) is 6.29. The fourth-order valence-electron chi connectivity index (χ4n) is 4.16. The van der Waals surface area contributed by atoms with Crippen molar-refractivity contribution in [3.8, 4) is 0 Å². The van der Waals surface area contributed by atoms with Crippen LogP contribution in [0.3, 0.4) is 0 Å². The summed E-state index contributed by atoms with van der Waals surface area (Å²) in [5, 5.41) is 9.82. The van der Waals surface area contributed by atoms with Gasteiger partial charge in [0.05, 0.1) is 28.7 Å². The predicted octanol–water partition coefficient (Wildman–Crippen LogP) is 4.28. The van der Waals surface area contributed by atoms with Crippen LogP contribution in [-0.2, 0) is 4.79 Å². The third-order valence-corrected chi connectivity index (χ3v) is 6.29. The molecule has 7 N–H and O–H groups in total. The summed E-state index contributed by atoms with van der Waals surface area (Å²) in [5.74, 6) is -1.51. The van der Waals surface area contributed by atoms with Gasteiger partial charge in [-0.25, -0.2) is 9.37 Å². The molecule has 0 unspecified atom stereocenters. The number of fused-ring (bicyclic) bond motifs is 1. The topological polar surface area (TPSA) is 148 Å². The number of carbonyl (C=O) groups is 2. The standard InChI is InChI=1S/C26H32FN7O2/c1-26(2,3)25(36)33-20-10-6-7-14-11-15(13-30-21(14)20)31-23-16(22(29)35)12-17(27)24(34-23)32-19-9-5-4-8-18(19)28/h6-7,10-13,18-19H,4-5,8-9,28H2,1-3H3,(H2,29,35)(H,33,36)(H2,31,32,34)/t18-,19+/m0/s1. The molecule has 2 aromatic heterocycles. The molecule has 190 valence electrons. The van der Waals surface area contributed by atoms with Gasteiger partial charge in [0.25, 0.3) is 5.91 Å². The van der Waals surface area contributed by atoms with Gasteiger partial charge in [-0.3, -0.25) is 14.6 Å². The first-order valence-corrected chi connectivity index (χ1v) is 12.0. The zero-order valence-electron chi connectivity index (χ0n) is 20.7. The number of hydrogen-bond acceptors (Lipinski definition) is 7. The Bertz CT molecular complexity index is 1310. The number of pyridine rings is 2. The Morgan fingerprint density at radius 3 is 2.56 bits per heavy atom. The Labute approximate surface area is 209 Å². The number of nitrogens with two attached hydrogens (primary N) is 2. The van der Waals surface area contributed by atoms with Gasteiger partial charge in [-0.1, -0.05) is 45.7 Å². The maximum absolute atomic E-state index is 14.8. The van der Waals surface area contributed by atoms with Crippen LogP contribution in [0.5, 0.6) is 0 Å². The number of rotatable bonds is 6. The SMILES string of the molecule is CC(C)(C)C(=O)Nc1cccc2cc(Nc3nc(N[C@@H]4CCCC[C@@H]4N)c(F)cc3C(N)=O)cnc12. The molecule has 1 aliphatic carbocycles. The summed E-state index contributed by atoms with van der Waals surface area (Å²) in [6.45, 7) is 5.50. The molecular formula is C26H32FN7O2. The highest BCUT2D eigenvalue weighted by Crippen LogP contribution is 2.29. The van der Waals surface area contributed by atoms with E-state index in [1.165, 1.54) is 0 Å². The van der Waals surface area contributed by atoms with E-state index in [1.807, 2.05) is 32.9 Å². The van der Waals surface area contributed by atoms with Gasteiger partial charge >= 0.3 is 0 Å².